The van der Waals surface area contributed by atoms with Crippen LogP contribution in [0.15, 0.2) is 162 Å². The van der Waals surface area contributed by atoms with Gasteiger partial charge in [-0.1, -0.05) is 168 Å². The largest absolute Gasteiger partial charge is 0.454 e. The standard InChI is InChI=1S/C66H62BN3OS/c1-63(2,3)39-24-28-43(29-25-39)68(44-30-26-40(27-31-44)64(4,5)6)45-32-33-50-53(38-45)69(52-21-17-20-47-46-18-13-15-22-56(46)71-61(47)52)54-36-42(66(10,11)12)37-55-58(54)67(50)51-35-41(65(7,8)9)34-49-59(51)70(55)60-48-19-14-16-23-57(48)72-62(49)60/h13-38H,1-12H3. The zero-order valence-electron chi connectivity index (χ0n) is 43.7. The lowest BCUT2D eigenvalue weighted by Crippen LogP contribution is -2.60. The average Bonchev–Trinajstić information content (AvgIpc) is 4.02. The average molecular weight is 956 g/mol. The lowest BCUT2D eigenvalue weighted by molar-refractivity contribution is 0.590. The van der Waals surface area contributed by atoms with Crippen LogP contribution in [-0.4, -0.2) is 11.3 Å². The molecule has 0 saturated heterocycles. The fourth-order valence-corrected chi connectivity index (χ4v) is 13.0. The Morgan fingerprint density at radius 3 is 1.65 bits per heavy atom. The van der Waals surface area contributed by atoms with Crippen molar-refractivity contribution in [1.29, 1.82) is 0 Å². The molecule has 6 heteroatoms. The molecule has 0 atom stereocenters. The number of hydrogen-bond donors (Lipinski definition) is 0. The van der Waals surface area contributed by atoms with Crippen molar-refractivity contribution < 1.29 is 4.42 Å². The summed E-state index contributed by atoms with van der Waals surface area (Å²) < 4.78 is 12.4. The monoisotopic (exact) mass is 955 g/mol. The Hall–Kier alpha value is -7.02. The molecule has 3 aromatic heterocycles. The second-order valence-corrected chi connectivity index (χ2v) is 25.7. The summed E-state index contributed by atoms with van der Waals surface area (Å²) in [6.45, 7) is 27.9. The van der Waals surface area contributed by atoms with Gasteiger partial charge in [0.25, 0.3) is 6.71 Å². The Balaban J connectivity index is 1.17. The van der Waals surface area contributed by atoms with E-state index in [-0.39, 0.29) is 28.4 Å². The van der Waals surface area contributed by atoms with E-state index in [9.17, 15) is 0 Å². The Bertz CT molecular complexity index is 3970. The molecule has 0 aliphatic carbocycles. The summed E-state index contributed by atoms with van der Waals surface area (Å²) in [5.41, 5.74) is 21.4. The predicted molar refractivity (Wildman–Crippen MR) is 312 cm³/mol. The third-order valence-electron chi connectivity index (χ3n) is 15.8. The van der Waals surface area contributed by atoms with E-state index < -0.39 is 0 Å². The van der Waals surface area contributed by atoms with Crippen LogP contribution in [0.25, 0.3) is 58.8 Å². The van der Waals surface area contributed by atoms with E-state index in [1.165, 1.54) is 81.2 Å². The number of benzene rings is 8. The summed E-state index contributed by atoms with van der Waals surface area (Å²) >= 11 is 1.94. The zero-order valence-corrected chi connectivity index (χ0v) is 44.6. The molecular weight excluding hydrogens is 894 g/mol. The van der Waals surface area contributed by atoms with Crippen LogP contribution in [0.2, 0.25) is 0 Å². The van der Waals surface area contributed by atoms with Gasteiger partial charge in [0.15, 0.2) is 5.58 Å². The Kier molecular flexibility index (Phi) is 9.51. The Morgan fingerprint density at radius 1 is 0.431 bits per heavy atom. The maximum Gasteiger partial charge on any atom is 0.252 e. The van der Waals surface area contributed by atoms with Crippen LogP contribution in [0.4, 0.5) is 34.1 Å². The number of hydrogen-bond acceptors (Lipinski definition) is 4. The highest BCUT2D eigenvalue weighted by atomic mass is 32.1. The first kappa shape index (κ1) is 44.9. The molecule has 72 heavy (non-hydrogen) atoms. The van der Waals surface area contributed by atoms with Crippen LogP contribution in [0.5, 0.6) is 0 Å². The van der Waals surface area contributed by atoms with Gasteiger partial charge in [-0.25, -0.2) is 0 Å². The van der Waals surface area contributed by atoms with Gasteiger partial charge in [0.1, 0.15) is 5.58 Å². The predicted octanol–water partition coefficient (Wildman–Crippen LogP) is 17.2. The highest BCUT2D eigenvalue weighted by molar-refractivity contribution is 7.26. The van der Waals surface area contributed by atoms with Gasteiger partial charge in [0.05, 0.1) is 21.4 Å². The third kappa shape index (κ3) is 6.70. The molecule has 0 unspecified atom stereocenters. The molecular formula is C66H62BN3OS. The quantitative estimate of drug-likeness (QED) is 0.164. The molecule has 0 spiro atoms. The number of aromatic nitrogens is 1. The minimum atomic E-state index is -0.159. The highest BCUT2D eigenvalue weighted by Gasteiger charge is 2.45. The number of rotatable bonds is 4. The number of thiophene rings is 1. The molecule has 0 fully saturated rings. The van der Waals surface area contributed by atoms with E-state index in [1.54, 1.807) is 0 Å². The summed E-state index contributed by atoms with van der Waals surface area (Å²) in [7, 11) is 0. The van der Waals surface area contributed by atoms with Crippen molar-refractivity contribution in [2.45, 2.75) is 105 Å². The van der Waals surface area contributed by atoms with E-state index in [4.69, 9.17) is 4.42 Å². The van der Waals surface area contributed by atoms with Crippen LogP contribution in [0.1, 0.15) is 105 Å². The third-order valence-corrected chi connectivity index (χ3v) is 17.0. The van der Waals surface area contributed by atoms with Gasteiger partial charge in [0, 0.05) is 60.4 Å². The van der Waals surface area contributed by atoms with Crippen LogP contribution in [0.3, 0.4) is 0 Å². The first-order valence-corrected chi connectivity index (χ1v) is 26.6. The molecule has 8 aromatic carbocycles. The van der Waals surface area contributed by atoms with Crippen LogP contribution in [0, 0.1) is 0 Å². The summed E-state index contributed by atoms with van der Waals surface area (Å²) in [5, 5.41) is 4.89. The van der Waals surface area contributed by atoms with Gasteiger partial charge in [-0.15, -0.1) is 11.3 Å². The molecule has 0 radical (unpaired) electrons. The summed E-state index contributed by atoms with van der Waals surface area (Å²) in [6.07, 6.45) is 0. The molecule has 0 amide bonds. The molecule has 2 aliphatic rings. The highest BCUT2D eigenvalue weighted by Crippen LogP contribution is 2.50. The topological polar surface area (TPSA) is 24.6 Å². The van der Waals surface area contributed by atoms with Crippen molar-refractivity contribution in [2.24, 2.45) is 0 Å². The normalized spacial score (nSPS) is 13.8. The molecule has 2 aliphatic heterocycles. The van der Waals surface area contributed by atoms with E-state index in [1.807, 2.05) is 11.3 Å². The zero-order chi connectivity index (χ0) is 50.0. The number of fused-ring (bicyclic) bond motifs is 12. The lowest BCUT2D eigenvalue weighted by Gasteiger charge is -2.42. The Labute approximate surface area is 428 Å². The molecule has 0 saturated carbocycles. The van der Waals surface area contributed by atoms with Crippen molar-refractivity contribution in [3.63, 3.8) is 0 Å². The van der Waals surface area contributed by atoms with Crippen LogP contribution in [-0.2, 0) is 21.7 Å². The number of anilines is 6. The van der Waals surface area contributed by atoms with E-state index in [0.29, 0.717) is 0 Å². The van der Waals surface area contributed by atoms with Gasteiger partial charge in [-0.05, 0) is 133 Å². The van der Waals surface area contributed by atoms with Crippen molar-refractivity contribution in [3.05, 3.63) is 180 Å². The maximum atomic E-state index is 7.04. The summed E-state index contributed by atoms with van der Waals surface area (Å²) in [4.78, 5) is 5.02. The van der Waals surface area contributed by atoms with Gasteiger partial charge in [-0.3, -0.25) is 0 Å². The van der Waals surface area contributed by atoms with Crippen LogP contribution >= 0.6 is 11.3 Å². The van der Waals surface area contributed by atoms with Gasteiger partial charge >= 0.3 is 0 Å². The van der Waals surface area contributed by atoms with Crippen molar-refractivity contribution in [2.75, 3.05) is 9.80 Å². The van der Waals surface area contributed by atoms with Crippen molar-refractivity contribution in [1.82, 2.24) is 4.57 Å². The van der Waals surface area contributed by atoms with Crippen molar-refractivity contribution >= 4 is 122 Å². The maximum absolute atomic E-state index is 7.04. The molecule has 0 bridgehead atoms. The fraction of sp³-hybridized carbons (Fsp3) is 0.242. The lowest BCUT2D eigenvalue weighted by atomic mass is 9.33. The smallest absolute Gasteiger partial charge is 0.252 e. The summed E-state index contributed by atoms with van der Waals surface area (Å²) in [5.74, 6) is 0. The second-order valence-electron chi connectivity index (χ2n) is 24.7. The molecule has 4 nitrogen and oxygen atoms in total. The molecule has 13 rings (SSSR count). The van der Waals surface area contributed by atoms with Gasteiger partial charge in [-0.2, -0.15) is 0 Å². The van der Waals surface area contributed by atoms with E-state index in [0.717, 1.165) is 50.4 Å². The summed E-state index contributed by atoms with van der Waals surface area (Å²) in [6, 6.07) is 60.1. The fourth-order valence-electron chi connectivity index (χ4n) is 11.8. The second kappa shape index (κ2) is 15.3. The first-order chi connectivity index (χ1) is 34.2. The van der Waals surface area contributed by atoms with Gasteiger partial charge in [0.2, 0.25) is 0 Å². The van der Waals surface area contributed by atoms with Gasteiger partial charge < -0.3 is 18.8 Å². The first-order valence-electron chi connectivity index (χ1n) is 25.8. The Morgan fingerprint density at radius 2 is 1.00 bits per heavy atom. The minimum Gasteiger partial charge on any atom is -0.454 e. The molecule has 356 valence electrons. The molecule has 11 aromatic rings. The number of nitrogens with zero attached hydrogens (tertiary/aromatic N) is 3. The van der Waals surface area contributed by atoms with E-state index >= 15 is 0 Å². The molecule has 0 N–H and O–H groups in total. The SMILES string of the molecule is CC(C)(C)c1ccc(N(c2ccc(C(C)(C)C)cc2)c2ccc3c(c2)N(c2cccc4c2oc2ccccc24)c2cc(C(C)(C)C)cc4c2B3c2cc(C(C)(C)C)cc3c5sc6ccccc6c5n-4c23)cc1. The number of para-hydroxylation sites is 2. The number of furan rings is 1. The van der Waals surface area contributed by atoms with Crippen LogP contribution < -0.4 is 26.2 Å². The van der Waals surface area contributed by atoms with Crippen molar-refractivity contribution in [3.8, 4) is 5.69 Å². The minimum absolute atomic E-state index is 0.0254. The molecule has 5 heterocycles. The van der Waals surface area contributed by atoms with E-state index in [2.05, 4.69) is 255 Å².